The molecule has 0 amide bonds. The molecule has 1 saturated heterocycles. The predicted molar refractivity (Wildman–Crippen MR) is 212 cm³/mol. The first kappa shape index (κ1) is 35.8. The standard InChI is InChI=1S/C40H48O4Si4/c1-9-33-17-13-21-37(25-33)29-45(5)41-46(6,30-38-22-14-18-34(10-2)26-38)43-48(8,32-40-24-16-20-36(12-4)28-40)44-47(7,42-45)31-39-23-15-19-35(11-3)27-39/h9-28H,1-4,29-32H2,5-8H3. The van der Waals surface area contributed by atoms with Gasteiger partial charge in [0.15, 0.2) is 0 Å². The number of hydrogen-bond acceptors (Lipinski definition) is 4. The fourth-order valence-electron chi connectivity index (χ4n) is 7.00. The maximum atomic E-state index is 7.52. The van der Waals surface area contributed by atoms with Crippen molar-refractivity contribution in [2.45, 2.75) is 50.4 Å². The molecule has 1 aliphatic heterocycles. The van der Waals surface area contributed by atoms with Crippen molar-refractivity contribution in [1.82, 2.24) is 0 Å². The quantitative estimate of drug-likeness (QED) is 0.138. The Morgan fingerprint density at radius 3 is 0.792 bits per heavy atom. The van der Waals surface area contributed by atoms with E-state index >= 15 is 0 Å². The summed E-state index contributed by atoms with van der Waals surface area (Å²) < 4.78 is 30.1. The van der Waals surface area contributed by atoms with Gasteiger partial charge in [-0.25, -0.2) is 0 Å². The lowest BCUT2D eigenvalue weighted by Gasteiger charge is -2.50. The van der Waals surface area contributed by atoms with Crippen LogP contribution >= 0.6 is 0 Å². The zero-order valence-electron chi connectivity index (χ0n) is 28.8. The van der Waals surface area contributed by atoms with E-state index in [9.17, 15) is 0 Å². The van der Waals surface area contributed by atoms with Gasteiger partial charge in [0.1, 0.15) is 0 Å². The van der Waals surface area contributed by atoms with Gasteiger partial charge in [0, 0.05) is 24.2 Å². The molecule has 4 aromatic carbocycles. The summed E-state index contributed by atoms with van der Waals surface area (Å²) in [5, 5.41) is 0. The van der Waals surface area contributed by atoms with E-state index in [-0.39, 0.29) is 0 Å². The highest BCUT2D eigenvalue weighted by Crippen LogP contribution is 2.37. The van der Waals surface area contributed by atoms with E-state index < -0.39 is 34.2 Å². The molecule has 8 heteroatoms. The van der Waals surface area contributed by atoms with Gasteiger partial charge < -0.3 is 16.5 Å². The first-order valence-electron chi connectivity index (χ1n) is 16.5. The van der Waals surface area contributed by atoms with Crippen molar-refractivity contribution in [2.24, 2.45) is 0 Å². The number of rotatable bonds is 12. The van der Waals surface area contributed by atoms with Crippen molar-refractivity contribution in [3.63, 3.8) is 0 Å². The molecule has 5 rings (SSSR count). The highest BCUT2D eigenvalue weighted by atomic mass is 28.5. The summed E-state index contributed by atoms with van der Waals surface area (Å²) in [6.45, 7) is 24.8. The van der Waals surface area contributed by atoms with Gasteiger partial charge in [-0.2, -0.15) is 0 Å². The first-order valence-corrected chi connectivity index (χ1v) is 26.6. The van der Waals surface area contributed by atoms with Gasteiger partial charge in [-0.15, -0.1) is 0 Å². The van der Waals surface area contributed by atoms with E-state index in [2.05, 4.69) is 150 Å². The average molecular weight is 705 g/mol. The summed E-state index contributed by atoms with van der Waals surface area (Å²) in [7, 11) is -11.9. The van der Waals surface area contributed by atoms with Crippen LogP contribution in [0.15, 0.2) is 123 Å². The Kier molecular flexibility index (Phi) is 11.2. The van der Waals surface area contributed by atoms with Crippen LogP contribution in [0.2, 0.25) is 26.2 Å². The van der Waals surface area contributed by atoms with Gasteiger partial charge in [0.25, 0.3) is 0 Å². The van der Waals surface area contributed by atoms with E-state index in [0.717, 1.165) is 22.3 Å². The van der Waals surface area contributed by atoms with Crippen LogP contribution in [-0.2, 0) is 40.6 Å². The molecule has 0 atom stereocenters. The molecule has 48 heavy (non-hydrogen) atoms. The summed E-state index contributed by atoms with van der Waals surface area (Å²) in [6.07, 6.45) is 7.53. The molecular formula is C40H48O4Si4. The van der Waals surface area contributed by atoms with Crippen LogP contribution in [0, 0.1) is 0 Å². The average Bonchev–Trinajstić information content (AvgIpc) is 3.03. The van der Waals surface area contributed by atoms with Gasteiger partial charge in [-0.3, -0.25) is 0 Å². The number of benzene rings is 4. The van der Waals surface area contributed by atoms with Gasteiger partial charge in [0.2, 0.25) is 0 Å². The van der Waals surface area contributed by atoms with Crippen LogP contribution in [0.25, 0.3) is 24.3 Å². The summed E-state index contributed by atoms with van der Waals surface area (Å²) in [4.78, 5) is 0. The van der Waals surface area contributed by atoms with Gasteiger partial charge in [-0.05, 0) is 70.7 Å². The Labute approximate surface area is 292 Å². The molecule has 4 aromatic rings. The van der Waals surface area contributed by atoms with E-state index in [1.54, 1.807) is 0 Å². The summed E-state index contributed by atoms with van der Waals surface area (Å²) >= 11 is 0. The van der Waals surface area contributed by atoms with Crippen LogP contribution in [0.4, 0.5) is 0 Å². The van der Waals surface area contributed by atoms with Crippen molar-refractivity contribution in [3.05, 3.63) is 168 Å². The third kappa shape index (κ3) is 9.37. The van der Waals surface area contributed by atoms with Gasteiger partial charge in [-0.1, -0.05) is 148 Å². The second kappa shape index (κ2) is 15.0. The van der Waals surface area contributed by atoms with E-state index in [1.165, 1.54) is 22.3 Å². The molecule has 0 unspecified atom stereocenters. The van der Waals surface area contributed by atoms with Crippen molar-refractivity contribution in [1.29, 1.82) is 0 Å². The van der Waals surface area contributed by atoms with Crippen molar-refractivity contribution in [3.8, 4) is 0 Å². The van der Waals surface area contributed by atoms with Crippen LogP contribution in [-0.4, -0.2) is 34.2 Å². The Bertz CT molecular complexity index is 1530. The fraction of sp³-hybridized carbons (Fsp3) is 0.200. The highest BCUT2D eigenvalue weighted by molar-refractivity contribution is 6.93. The lowest BCUT2D eigenvalue weighted by atomic mass is 10.1. The van der Waals surface area contributed by atoms with Crippen molar-refractivity contribution < 1.29 is 16.5 Å². The third-order valence-electron chi connectivity index (χ3n) is 8.58. The molecule has 1 aliphatic rings. The molecule has 0 bridgehead atoms. The minimum atomic E-state index is -2.98. The predicted octanol–water partition coefficient (Wildman–Crippen LogP) is 10.1. The molecule has 248 valence electrons. The van der Waals surface area contributed by atoms with Crippen LogP contribution in [0.1, 0.15) is 44.5 Å². The zero-order valence-corrected chi connectivity index (χ0v) is 32.8. The summed E-state index contributed by atoms with van der Waals surface area (Å²) in [5.74, 6) is 0. The minimum absolute atomic E-state index is 0.672. The molecule has 4 nitrogen and oxygen atoms in total. The lowest BCUT2D eigenvalue weighted by Crippen LogP contribution is -2.70. The fourth-order valence-corrected chi connectivity index (χ4v) is 29.9. The van der Waals surface area contributed by atoms with Gasteiger partial charge in [0.05, 0.1) is 0 Å². The maximum Gasteiger partial charge on any atom is 0.321 e. The SMILES string of the molecule is C=Cc1cccc(C[Si]2(C)O[Si](C)(Cc3cccc(C=C)c3)O[Si](C)(Cc3cccc(C=C)c3)O[Si](C)(Cc3cccc(C=C)c3)O2)c1. The van der Waals surface area contributed by atoms with E-state index in [1.807, 2.05) is 24.3 Å². The molecule has 1 heterocycles. The summed E-state index contributed by atoms with van der Waals surface area (Å²) in [5.41, 5.74) is 8.97. The molecule has 0 radical (unpaired) electrons. The molecule has 0 N–H and O–H groups in total. The largest absolute Gasteiger partial charge is 0.415 e. The van der Waals surface area contributed by atoms with Crippen LogP contribution in [0.3, 0.4) is 0 Å². The molecular weight excluding hydrogens is 657 g/mol. The maximum absolute atomic E-state index is 7.52. The molecule has 0 aromatic heterocycles. The smallest absolute Gasteiger partial charge is 0.321 e. The normalized spacial score (nSPS) is 25.8. The third-order valence-corrected chi connectivity index (χ3v) is 26.6. The van der Waals surface area contributed by atoms with E-state index in [0.29, 0.717) is 24.2 Å². The molecule has 0 saturated carbocycles. The summed E-state index contributed by atoms with van der Waals surface area (Å²) in [6, 6.07) is 36.6. The van der Waals surface area contributed by atoms with Crippen molar-refractivity contribution >= 4 is 58.5 Å². The number of hydrogen-bond donors (Lipinski definition) is 0. The second-order valence-electron chi connectivity index (χ2n) is 13.4. The lowest BCUT2D eigenvalue weighted by molar-refractivity contribution is 0.221. The molecule has 0 aliphatic carbocycles. The topological polar surface area (TPSA) is 36.9 Å². The molecule has 1 fully saturated rings. The van der Waals surface area contributed by atoms with Crippen molar-refractivity contribution in [2.75, 3.05) is 0 Å². The Morgan fingerprint density at radius 2 is 0.604 bits per heavy atom. The second-order valence-corrected chi connectivity index (χ2v) is 27.2. The first-order chi connectivity index (χ1) is 22.9. The van der Waals surface area contributed by atoms with Gasteiger partial charge >= 0.3 is 34.2 Å². The minimum Gasteiger partial charge on any atom is -0.415 e. The Hall–Kier alpha value is -3.45. The Balaban J connectivity index is 1.62. The molecule has 0 spiro atoms. The zero-order chi connectivity index (χ0) is 34.4. The van der Waals surface area contributed by atoms with E-state index in [4.69, 9.17) is 16.5 Å². The monoisotopic (exact) mass is 704 g/mol. The van der Waals surface area contributed by atoms with Crippen LogP contribution < -0.4 is 0 Å². The Morgan fingerprint density at radius 1 is 0.396 bits per heavy atom. The van der Waals surface area contributed by atoms with Crippen LogP contribution in [0.5, 0.6) is 0 Å². The highest BCUT2D eigenvalue weighted by Gasteiger charge is 2.57.